The molecule has 64 valence electrons. The van der Waals surface area contributed by atoms with Gasteiger partial charge in [0.2, 0.25) is 0 Å². The first-order valence-electron chi connectivity index (χ1n) is 4.05. The highest BCUT2D eigenvalue weighted by atomic mass is 16.3. The molecule has 1 N–H and O–H groups in total. The number of hydrogen-bond acceptors (Lipinski definition) is 3. The second-order valence-electron chi connectivity index (χ2n) is 2.42. The summed E-state index contributed by atoms with van der Waals surface area (Å²) in [5.41, 5.74) is 0. The number of hydrogen-bond donors (Lipinski definition) is 1. The molecule has 0 spiro atoms. The summed E-state index contributed by atoms with van der Waals surface area (Å²) < 4.78 is 0. The van der Waals surface area contributed by atoms with Gasteiger partial charge in [0.1, 0.15) is 0 Å². The fourth-order valence-corrected chi connectivity index (χ4v) is 0.930. The van der Waals surface area contributed by atoms with Gasteiger partial charge < -0.3 is 10.0 Å². The van der Waals surface area contributed by atoms with E-state index in [1.807, 2.05) is 0 Å². The second-order valence-corrected chi connectivity index (χ2v) is 2.42. The highest BCUT2D eigenvalue weighted by Crippen LogP contribution is 1.92. The van der Waals surface area contributed by atoms with Crippen LogP contribution in [0.3, 0.4) is 0 Å². The van der Waals surface area contributed by atoms with Gasteiger partial charge in [-0.1, -0.05) is 6.92 Å². The Hall–Kier alpha value is -0.590. The van der Waals surface area contributed by atoms with Crippen LogP contribution in [0.15, 0.2) is 0 Å². The van der Waals surface area contributed by atoms with Crippen molar-refractivity contribution in [1.82, 2.24) is 4.90 Å². The maximum Gasteiger partial charge on any atom is 0.0635 e. The SMILES string of the molecule is CCN(CCC#N)CCCO. The van der Waals surface area contributed by atoms with E-state index in [9.17, 15) is 0 Å². The molecule has 0 radical (unpaired) electrons. The predicted octanol–water partition coefficient (Wildman–Crippen LogP) is 0.604. The van der Waals surface area contributed by atoms with Crippen LogP contribution in [-0.4, -0.2) is 36.2 Å². The Balaban J connectivity index is 3.34. The van der Waals surface area contributed by atoms with Crippen LogP contribution >= 0.6 is 0 Å². The van der Waals surface area contributed by atoms with Crippen molar-refractivity contribution in [1.29, 1.82) is 5.26 Å². The van der Waals surface area contributed by atoms with E-state index in [0.717, 1.165) is 26.1 Å². The molecule has 0 rings (SSSR count). The fraction of sp³-hybridized carbons (Fsp3) is 0.875. The van der Waals surface area contributed by atoms with Crippen molar-refractivity contribution in [3.63, 3.8) is 0 Å². The minimum atomic E-state index is 0.239. The average Bonchev–Trinajstić information content (AvgIpc) is 2.05. The Bertz CT molecular complexity index is 120. The molecule has 0 aromatic rings. The van der Waals surface area contributed by atoms with Crippen molar-refractivity contribution in [3.8, 4) is 6.07 Å². The highest BCUT2D eigenvalue weighted by Gasteiger charge is 1.99. The third kappa shape index (κ3) is 5.84. The van der Waals surface area contributed by atoms with E-state index < -0.39 is 0 Å². The maximum absolute atomic E-state index is 8.54. The number of nitrogens with zero attached hydrogens (tertiary/aromatic N) is 2. The van der Waals surface area contributed by atoms with Crippen molar-refractivity contribution in [3.05, 3.63) is 0 Å². The van der Waals surface area contributed by atoms with Gasteiger partial charge in [-0.05, 0) is 13.0 Å². The molecule has 0 heterocycles. The van der Waals surface area contributed by atoms with Gasteiger partial charge in [-0.2, -0.15) is 5.26 Å². The zero-order valence-electron chi connectivity index (χ0n) is 7.08. The topological polar surface area (TPSA) is 47.3 Å². The first-order valence-corrected chi connectivity index (χ1v) is 4.05. The maximum atomic E-state index is 8.54. The fourth-order valence-electron chi connectivity index (χ4n) is 0.930. The first kappa shape index (κ1) is 10.4. The van der Waals surface area contributed by atoms with E-state index in [-0.39, 0.29) is 6.61 Å². The van der Waals surface area contributed by atoms with Gasteiger partial charge in [-0.15, -0.1) is 0 Å². The number of aliphatic hydroxyl groups is 1. The van der Waals surface area contributed by atoms with Crippen molar-refractivity contribution in [2.75, 3.05) is 26.2 Å². The quantitative estimate of drug-likeness (QED) is 0.612. The van der Waals surface area contributed by atoms with Crippen molar-refractivity contribution in [2.24, 2.45) is 0 Å². The van der Waals surface area contributed by atoms with Gasteiger partial charge in [0, 0.05) is 26.1 Å². The van der Waals surface area contributed by atoms with Crippen LogP contribution in [-0.2, 0) is 0 Å². The lowest BCUT2D eigenvalue weighted by atomic mass is 10.3. The largest absolute Gasteiger partial charge is 0.396 e. The third-order valence-corrected chi connectivity index (χ3v) is 1.62. The van der Waals surface area contributed by atoms with Gasteiger partial charge in [-0.25, -0.2) is 0 Å². The zero-order valence-corrected chi connectivity index (χ0v) is 7.08. The minimum absolute atomic E-state index is 0.239. The van der Waals surface area contributed by atoms with E-state index in [2.05, 4.69) is 17.9 Å². The predicted molar refractivity (Wildman–Crippen MR) is 44.0 cm³/mol. The molecule has 0 fully saturated rings. The van der Waals surface area contributed by atoms with Crippen LogP contribution in [0, 0.1) is 11.3 Å². The number of rotatable bonds is 6. The lowest BCUT2D eigenvalue weighted by Crippen LogP contribution is -2.26. The summed E-state index contributed by atoms with van der Waals surface area (Å²) in [4.78, 5) is 2.17. The minimum Gasteiger partial charge on any atom is -0.396 e. The molecule has 0 aliphatic rings. The Morgan fingerprint density at radius 3 is 2.64 bits per heavy atom. The van der Waals surface area contributed by atoms with Crippen LogP contribution in [0.1, 0.15) is 19.8 Å². The van der Waals surface area contributed by atoms with Crippen molar-refractivity contribution in [2.45, 2.75) is 19.8 Å². The molecule has 3 nitrogen and oxygen atoms in total. The average molecular weight is 156 g/mol. The van der Waals surface area contributed by atoms with Gasteiger partial charge >= 0.3 is 0 Å². The van der Waals surface area contributed by atoms with Crippen molar-refractivity contribution < 1.29 is 5.11 Å². The van der Waals surface area contributed by atoms with E-state index in [1.54, 1.807) is 0 Å². The van der Waals surface area contributed by atoms with E-state index in [4.69, 9.17) is 10.4 Å². The summed E-state index contributed by atoms with van der Waals surface area (Å²) in [7, 11) is 0. The molecule has 0 aliphatic carbocycles. The highest BCUT2D eigenvalue weighted by molar-refractivity contribution is 4.71. The summed E-state index contributed by atoms with van der Waals surface area (Å²) in [6.07, 6.45) is 1.39. The Morgan fingerprint density at radius 1 is 1.45 bits per heavy atom. The first-order chi connectivity index (χ1) is 5.35. The van der Waals surface area contributed by atoms with Gasteiger partial charge in [0.05, 0.1) is 6.07 Å². The van der Waals surface area contributed by atoms with E-state index in [1.165, 1.54) is 0 Å². The van der Waals surface area contributed by atoms with E-state index >= 15 is 0 Å². The molecular formula is C8H16N2O. The number of nitriles is 1. The summed E-state index contributed by atoms with van der Waals surface area (Å²) in [5.74, 6) is 0. The smallest absolute Gasteiger partial charge is 0.0635 e. The molecular weight excluding hydrogens is 140 g/mol. The molecule has 11 heavy (non-hydrogen) atoms. The molecule has 0 unspecified atom stereocenters. The number of aliphatic hydroxyl groups excluding tert-OH is 1. The zero-order chi connectivity index (χ0) is 8.53. The normalized spacial score (nSPS) is 10.0. The van der Waals surface area contributed by atoms with Crippen LogP contribution in [0.5, 0.6) is 0 Å². The molecule has 0 bridgehead atoms. The Labute approximate surface area is 68.2 Å². The summed E-state index contributed by atoms with van der Waals surface area (Å²) in [6.45, 7) is 4.99. The third-order valence-electron chi connectivity index (χ3n) is 1.62. The molecule has 0 atom stereocenters. The lowest BCUT2D eigenvalue weighted by Gasteiger charge is -2.17. The Kier molecular flexibility index (Phi) is 7.11. The molecule has 0 aromatic heterocycles. The molecule has 0 saturated carbocycles. The lowest BCUT2D eigenvalue weighted by molar-refractivity contribution is 0.233. The van der Waals surface area contributed by atoms with Crippen LogP contribution in [0.4, 0.5) is 0 Å². The van der Waals surface area contributed by atoms with Crippen molar-refractivity contribution >= 4 is 0 Å². The summed E-state index contributed by atoms with van der Waals surface area (Å²) in [5, 5.41) is 16.9. The molecule has 0 saturated heterocycles. The van der Waals surface area contributed by atoms with Crippen LogP contribution < -0.4 is 0 Å². The molecule has 3 heteroatoms. The summed E-state index contributed by atoms with van der Waals surface area (Å²) >= 11 is 0. The molecule has 0 aliphatic heterocycles. The second kappa shape index (κ2) is 7.52. The van der Waals surface area contributed by atoms with Crippen LogP contribution in [0.25, 0.3) is 0 Å². The van der Waals surface area contributed by atoms with Crippen LogP contribution in [0.2, 0.25) is 0 Å². The monoisotopic (exact) mass is 156 g/mol. The van der Waals surface area contributed by atoms with E-state index in [0.29, 0.717) is 6.42 Å². The Morgan fingerprint density at radius 2 is 2.18 bits per heavy atom. The van der Waals surface area contributed by atoms with Gasteiger partial charge in [0.25, 0.3) is 0 Å². The molecule has 0 amide bonds. The summed E-state index contributed by atoms with van der Waals surface area (Å²) in [6, 6.07) is 2.10. The molecule has 0 aromatic carbocycles. The standard InChI is InChI=1S/C8H16N2O/c1-2-10(6-3-5-9)7-4-8-11/h11H,2-4,6-8H2,1H3. The van der Waals surface area contributed by atoms with Gasteiger partial charge in [-0.3, -0.25) is 0 Å². The van der Waals surface area contributed by atoms with Gasteiger partial charge in [0.15, 0.2) is 0 Å².